The van der Waals surface area contributed by atoms with Crippen molar-refractivity contribution in [1.29, 1.82) is 0 Å². The molecular weight excluding hydrogens is 377 g/mol. The summed E-state index contributed by atoms with van der Waals surface area (Å²) in [6.07, 6.45) is -2.93. The number of hydrogen-bond acceptors (Lipinski definition) is 5. The van der Waals surface area contributed by atoms with Gasteiger partial charge in [-0.25, -0.2) is 0 Å². The second-order valence-electron chi connectivity index (χ2n) is 6.80. The number of alkyl halides is 3. The number of nitrogens with one attached hydrogen (secondary N) is 1. The molecule has 0 aliphatic carbocycles. The fourth-order valence-electron chi connectivity index (χ4n) is 3.23. The van der Waals surface area contributed by atoms with Gasteiger partial charge in [0.05, 0.1) is 17.0 Å². The van der Waals surface area contributed by atoms with E-state index in [-0.39, 0.29) is 24.2 Å². The van der Waals surface area contributed by atoms with Gasteiger partial charge in [0, 0.05) is 38.3 Å². The van der Waals surface area contributed by atoms with Crippen molar-refractivity contribution in [3.05, 3.63) is 33.9 Å². The number of nitro groups is 1. The van der Waals surface area contributed by atoms with Gasteiger partial charge in [-0.1, -0.05) is 13.8 Å². The Balaban J connectivity index is 2.01. The Kier molecular flexibility index (Phi) is 7.22. The second kappa shape index (κ2) is 9.22. The molecule has 1 N–H and O–H groups in total. The maximum Gasteiger partial charge on any atom is 0.416 e. The molecule has 0 radical (unpaired) electrons. The third kappa shape index (κ3) is 5.57. The maximum absolute atomic E-state index is 12.8. The van der Waals surface area contributed by atoms with Crippen LogP contribution in [0.1, 0.15) is 32.3 Å². The zero-order chi connectivity index (χ0) is 20.9. The molecule has 1 amide bonds. The van der Waals surface area contributed by atoms with Crippen LogP contribution in [0.4, 0.5) is 24.5 Å². The summed E-state index contributed by atoms with van der Waals surface area (Å²) in [5.74, 6) is -0.0670. The van der Waals surface area contributed by atoms with Crippen molar-refractivity contribution in [2.24, 2.45) is 0 Å². The lowest BCUT2D eigenvalue weighted by molar-refractivity contribution is -0.384. The number of nitrogens with zero attached hydrogens (tertiary/aromatic N) is 3. The van der Waals surface area contributed by atoms with Gasteiger partial charge in [-0.2, -0.15) is 13.2 Å². The number of carbonyl (C=O) groups is 1. The van der Waals surface area contributed by atoms with Crippen LogP contribution >= 0.6 is 0 Å². The van der Waals surface area contributed by atoms with Gasteiger partial charge in [0.1, 0.15) is 5.69 Å². The van der Waals surface area contributed by atoms with Crippen molar-refractivity contribution in [3.63, 3.8) is 0 Å². The zero-order valence-corrected chi connectivity index (χ0v) is 16.0. The van der Waals surface area contributed by atoms with E-state index in [9.17, 15) is 28.1 Å². The van der Waals surface area contributed by atoms with Crippen molar-refractivity contribution in [2.45, 2.75) is 38.9 Å². The SMILES string of the molecule is CCC(CC)NC(=O)CN1CCN(c2ccc(C(F)(F)F)cc2[N+](=O)[O-])CC1. The number of rotatable bonds is 7. The lowest BCUT2D eigenvalue weighted by Crippen LogP contribution is -2.50. The van der Waals surface area contributed by atoms with Gasteiger partial charge in [-0.05, 0) is 25.0 Å². The fraction of sp³-hybridized carbons (Fsp3) is 0.611. The van der Waals surface area contributed by atoms with Crippen LogP contribution in [0.15, 0.2) is 18.2 Å². The minimum absolute atomic E-state index is 0.0670. The van der Waals surface area contributed by atoms with Crippen molar-refractivity contribution < 1.29 is 22.9 Å². The van der Waals surface area contributed by atoms with Gasteiger partial charge >= 0.3 is 6.18 Å². The molecule has 10 heteroatoms. The summed E-state index contributed by atoms with van der Waals surface area (Å²) in [6, 6.07) is 2.72. The molecular formula is C18H25F3N4O3. The monoisotopic (exact) mass is 402 g/mol. The van der Waals surface area contributed by atoms with Gasteiger partial charge in [0.2, 0.25) is 5.91 Å². The van der Waals surface area contributed by atoms with Crippen LogP contribution in [0.25, 0.3) is 0 Å². The van der Waals surface area contributed by atoms with Crippen molar-refractivity contribution >= 4 is 17.3 Å². The molecule has 1 saturated heterocycles. The summed E-state index contributed by atoms with van der Waals surface area (Å²) in [6.45, 7) is 6.02. The van der Waals surface area contributed by atoms with Crippen LogP contribution in [0.5, 0.6) is 0 Å². The molecule has 0 aromatic heterocycles. The van der Waals surface area contributed by atoms with Crippen LogP contribution in [0.3, 0.4) is 0 Å². The van der Waals surface area contributed by atoms with Crippen LogP contribution in [0, 0.1) is 10.1 Å². The summed E-state index contributed by atoms with van der Waals surface area (Å²) >= 11 is 0. The highest BCUT2D eigenvalue weighted by Gasteiger charge is 2.34. The molecule has 7 nitrogen and oxygen atoms in total. The smallest absolute Gasteiger partial charge is 0.363 e. The van der Waals surface area contributed by atoms with E-state index in [0.717, 1.165) is 25.0 Å². The number of amides is 1. The van der Waals surface area contributed by atoms with Crippen molar-refractivity contribution in [2.75, 3.05) is 37.6 Å². The molecule has 1 aromatic carbocycles. The summed E-state index contributed by atoms with van der Waals surface area (Å²) < 4.78 is 38.5. The Morgan fingerprint density at radius 3 is 2.32 bits per heavy atom. The van der Waals surface area contributed by atoms with E-state index < -0.39 is 22.4 Å². The molecule has 1 fully saturated rings. The van der Waals surface area contributed by atoms with Crippen LogP contribution in [-0.2, 0) is 11.0 Å². The number of nitro benzene ring substituents is 1. The Bertz CT molecular complexity index is 700. The van der Waals surface area contributed by atoms with Crippen LogP contribution in [-0.4, -0.2) is 54.5 Å². The molecule has 0 unspecified atom stereocenters. The van der Waals surface area contributed by atoms with E-state index in [4.69, 9.17) is 0 Å². The van der Waals surface area contributed by atoms with Crippen LogP contribution < -0.4 is 10.2 Å². The minimum Gasteiger partial charge on any atom is -0.363 e. The van der Waals surface area contributed by atoms with Crippen LogP contribution in [0.2, 0.25) is 0 Å². The molecule has 0 atom stereocenters. The van der Waals surface area contributed by atoms with E-state index in [1.807, 2.05) is 18.7 Å². The predicted octanol–water partition coefficient (Wildman–Crippen LogP) is 3.04. The van der Waals surface area contributed by atoms with E-state index in [2.05, 4.69) is 5.32 Å². The molecule has 1 aliphatic rings. The molecule has 156 valence electrons. The highest BCUT2D eigenvalue weighted by Crippen LogP contribution is 2.36. The number of benzene rings is 1. The summed E-state index contributed by atoms with van der Waals surface area (Å²) in [4.78, 5) is 26.2. The predicted molar refractivity (Wildman–Crippen MR) is 99.3 cm³/mol. The number of piperazine rings is 1. The first-order chi connectivity index (χ1) is 13.2. The topological polar surface area (TPSA) is 78.7 Å². The maximum atomic E-state index is 12.8. The number of halogens is 3. The van der Waals surface area contributed by atoms with E-state index in [1.165, 1.54) is 0 Å². The van der Waals surface area contributed by atoms with Gasteiger partial charge in [-0.3, -0.25) is 19.8 Å². The average Bonchev–Trinajstić information content (AvgIpc) is 2.65. The van der Waals surface area contributed by atoms with Gasteiger partial charge in [0.15, 0.2) is 0 Å². The molecule has 0 saturated carbocycles. The van der Waals surface area contributed by atoms with E-state index in [0.29, 0.717) is 32.2 Å². The first-order valence-electron chi connectivity index (χ1n) is 9.28. The average molecular weight is 402 g/mol. The summed E-state index contributed by atoms with van der Waals surface area (Å²) in [5.41, 5.74) is -1.44. The van der Waals surface area contributed by atoms with Crippen molar-refractivity contribution in [3.8, 4) is 0 Å². The molecule has 2 rings (SSSR count). The summed E-state index contributed by atoms with van der Waals surface area (Å²) in [5, 5.41) is 14.2. The standard InChI is InChI=1S/C18H25F3N4O3/c1-3-14(4-2)22-17(26)12-23-7-9-24(10-8-23)15-6-5-13(18(19,20)21)11-16(15)25(27)28/h5-6,11,14H,3-4,7-10,12H2,1-2H3,(H,22,26). The minimum atomic E-state index is -4.63. The Labute approximate surface area is 161 Å². The number of hydrogen-bond donors (Lipinski definition) is 1. The normalized spacial score (nSPS) is 15.7. The second-order valence-corrected chi connectivity index (χ2v) is 6.80. The number of carbonyl (C=O) groups excluding carboxylic acids is 1. The Hall–Kier alpha value is -2.36. The third-order valence-electron chi connectivity index (χ3n) is 4.93. The Morgan fingerprint density at radius 2 is 1.82 bits per heavy atom. The lowest BCUT2D eigenvalue weighted by atomic mass is 10.1. The Morgan fingerprint density at radius 1 is 1.21 bits per heavy atom. The summed E-state index contributed by atoms with van der Waals surface area (Å²) in [7, 11) is 0. The van der Waals surface area contributed by atoms with Gasteiger partial charge in [0.25, 0.3) is 5.69 Å². The zero-order valence-electron chi connectivity index (χ0n) is 16.0. The largest absolute Gasteiger partial charge is 0.416 e. The molecule has 1 aromatic rings. The first kappa shape index (κ1) is 21.9. The third-order valence-corrected chi connectivity index (χ3v) is 4.93. The molecule has 28 heavy (non-hydrogen) atoms. The number of anilines is 1. The van der Waals surface area contributed by atoms with Gasteiger partial charge in [-0.15, -0.1) is 0 Å². The fourth-order valence-corrected chi connectivity index (χ4v) is 3.23. The molecule has 0 spiro atoms. The molecule has 1 heterocycles. The quantitative estimate of drug-likeness (QED) is 0.560. The highest BCUT2D eigenvalue weighted by atomic mass is 19.4. The first-order valence-corrected chi connectivity index (χ1v) is 9.28. The highest BCUT2D eigenvalue weighted by molar-refractivity contribution is 5.78. The lowest BCUT2D eigenvalue weighted by Gasteiger charge is -2.35. The van der Waals surface area contributed by atoms with Crippen molar-refractivity contribution in [1.82, 2.24) is 10.2 Å². The van der Waals surface area contributed by atoms with E-state index in [1.54, 1.807) is 4.90 Å². The molecule has 0 bridgehead atoms. The van der Waals surface area contributed by atoms with Gasteiger partial charge < -0.3 is 10.2 Å². The molecule has 1 aliphatic heterocycles. The van der Waals surface area contributed by atoms with E-state index >= 15 is 0 Å².